The van der Waals surface area contributed by atoms with Crippen LogP contribution in [0.3, 0.4) is 0 Å². The summed E-state index contributed by atoms with van der Waals surface area (Å²) >= 11 is 0. The third-order valence-electron chi connectivity index (χ3n) is 3.87. The number of nitrogens with zero attached hydrogens (tertiary/aromatic N) is 2. The molecule has 112 valence electrons. The van der Waals surface area contributed by atoms with E-state index in [0.29, 0.717) is 13.0 Å². The monoisotopic (exact) mass is 293 g/mol. The van der Waals surface area contributed by atoms with Crippen molar-refractivity contribution >= 4 is 16.8 Å². The number of amides is 1. The molecule has 0 radical (unpaired) electrons. The van der Waals surface area contributed by atoms with Crippen LogP contribution in [0.2, 0.25) is 0 Å². The summed E-state index contributed by atoms with van der Waals surface area (Å²) in [6.07, 6.45) is 4.90. The van der Waals surface area contributed by atoms with Gasteiger partial charge in [0, 0.05) is 49.0 Å². The predicted octanol–water partition coefficient (Wildman–Crippen LogP) is 2.81. The summed E-state index contributed by atoms with van der Waals surface area (Å²) in [7, 11) is 1.85. The molecule has 2 heterocycles. The van der Waals surface area contributed by atoms with E-state index in [4.69, 9.17) is 0 Å². The fourth-order valence-corrected chi connectivity index (χ4v) is 2.53. The zero-order chi connectivity index (χ0) is 15.4. The Hall–Kier alpha value is -2.62. The first kappa shape index (κ1) is 14.3. The smallest absolute Gasteiger partial charge is 0.226 e. The van der Waals surface area contributed by atoms with Crippen LogP contribution in [0.15, 0.2) is 54.9 Å². The molecule has 1 N–H and O–H groups in total. The average Bonchev–Trinajstić information content (AvgIpc) is 2.97. The van der Waals surface area contributed by atoms with E-state index >= 15 is 0 Å². The lowest BCUT2D eigenvalue weighted by molar-refractivity contribution is -0.129. The highest BCUT2D eigenvalue weighted by molar-refractivity contribution is 5.88. The molecular weight excluding hydrogens is 274 g/mol. The minimum atomic E-state index is 0.126. The second-order valence-corrected chi connectivity index (χ2v) is 5.42. The lowest BCUT2D eigenvalue weighted by Gasteiger charge is -2.16. The number of H-pyrrole nitrogens is 1. The number of aromatic nitrogens is 2. The van der Waals surface area contributed by atoms with Crippen LogP contribution >= 0.6 is 0 Å². The Bertz CT molecular complexity index is 764. The minimum Gasteiger partial charge on any atom is -0.361 e. The molecule has 1 aromatic carbocycles. The van der Waals surface area contributed by atoms with Gasteiger partial charge in [-0.25, -0.2) is 0 Å². The summed E-state index contributed by atoms with van der Waals surface area (Å²) in [4.78, 5) is 21.6. The van der Waals surface area contributed by atoms with Gasteiger partial charge < -0.3 is 9.88 Å². The molecule has 0 atom stereocenters. The van der Waals surface area contributed by atoms with Crippen LogP contribution in [0.5, 0.6) is 0 Å². The zero-order valence-electron chi connectivity index (χ0n) is 12.6. The van der Waals surface area contributed by atoms with Crippen LogP contribution in [0.4, 0.5) is 0 Å². The Morgan fingerprint density at radius 1 is 1.18 bits per heavy atom. The molecule has 22 heavy (non-hydrogen) atoms. The van der Waals surface area contributed by atoms with Crippen molar-refractivity contribution in [2.24, 2.45) is 0 Å². The van der Waals surface area contributed by atoms with Crippen molar-refractivity contribution in [2.75, 3.05) is 13.6 Å². The van der Waals surface area contributed by atoms with Gasteiger partial charge in [-0.1, -0.05) is 24.3 Å². The number of rotatable bonds is 5. The van der Waals surface area contributed by atoms with Gasteiger partial charge in [0.05, 0.1) is 6.42 Å². The molecule has 1 amide bonds. The first-order valence-corrected chi connectivity index (χ1v) is 7.43. The SMILES string of the molecule is CN(CCc1ccccn1)C(=O)Cc1c[nH]c2ccccc12. The first-order chi connectivity index (χ1) is 10.7. The Morgan fingerprint density at radius 2 is 2.00 bits per heavy atom. The number of pyridine rings is 1. The molecule has 0 saturated heterocycles. The number of benzene rings is 1. The highest BCUT2D eigenvalue weighted by Gasteiger charge is 2.12. The van der Waals surface area contributed by atoms with E-state index in [2.05, 4.69) is 9.97 Å². The summed E-state index contributed by atoms with van der Waals surface area (Å²) in [6, 6.07) is 13.9. The van der Waals surface area contributed by atoms with E-state index in [9.17, 15) is 4.79 Å². The molecule has 0 spiro atoms. The summed E-state index contributed by atoms with van der Waals surface area (Å²) < 4.78 is 0. The lowest BCUT2D eigenvalue weighted by Crippen LogP contribution is -2.30. The molecule has 3 aromatic rings. The average molecular weight is 293 g/mol. The number of aromatic amines is 1. The van der Waals surface area contributed by atoms with Crippen LogP contribution < -0.4 is 0 Å². The van der Waals surface area contributed by atoms with Gasteiger partial charge in [-0.15, -0.1) is 0 Å². The molecule has 4 nitrogen and oxygen atoms in total. The van der Waals surface area contributed by atoms with E-state index in [1.165, 1.54) is 0 Å². The number of carbonyl (C=O) groups excluding carboxylic acids is 1. The Morgan fingerprint density at radius 3 is 2.82 bits per heavy atom. The van der Waals surface area contributed by atoms with Crippen LogP contribution in [-0.4, -0.2) is 34.4 Å². The third-order valence-corrected chi connectivity index (χ3v) is 3.87. The van der Waals surface area contributed by atoms with Gasteiger partial charge in [-0.3, -0.25) is 9.78 Å². The maximum Gasteiger partial charge on any atom is 0.226 e. The maximum atomic E-state index is 12.4. The van der Waals surface area contributed by atoms with Gasteiger partial charge >= 0.3 is 0 Å². The standard InChI is InChI=1S/C18H19N3O/c1-21(11-9-15-6-4-5-10-19-15)18(22)12-14-13-20-17-8-3-2-7-16(14)17/h2-8,10,13,20H,9,11-12H2,1H3. The second-order valence-electron chi connectivity index (χ2n) is 5.42. The van der Waals surface area contributed by atoms with Gasteiger partial charge in [-0.2, -0.15) is 0 Å². The zero-order valence-corrected chi connectivity index (χ0v) is 12.6. The minimum absolute atomic E-state index is 0.126. The summed E-state index contributed by atoms with van der Waals surface area (Å²) in [6.45, 7) is 0.679. The lowest BCUT2D eigenvalue weighted by atomic mass is 10.1. The molecule has 0 saturated carbocycles. The second kappa shape index (κ2) is 6.43. The number of nitrogens with one attached hydrogen (secondary N) is 1. The fourth-order valence-electron chi connectivity index (χ4n) is 2.53. The number of hydrogen-bond donors (Lipinski definition) is 1. The van der Waals surface area contributed by atoms with Crippen molar-refractivity contribution in [3.05, 3.63) is 66.1 Å². The fraction of sp³-hybridized carbons (Fsp3) is 0.222. The quantitative estimate of drug-likeness (QED) is 0.786. The van der Waals surface area contributed by atoms with Gasteiger partial charge in [0.1, 0.15) is 0 Å². The van der Waals surface area contributed by atoms with E-state index < -0.39 is 0 Å². The number of carbonyl (C=O) groups is 1. The molecule has 2 aromatic heterocycles. The van der Waals surface area contributed by atoms with Gasteiger partial charge in [0.15, 0.2) is 0 Å². The molecule has 3 rings (SSSR count). The van der Waals surface area contributed by atoms with E-state index in [0.717, 1.165) is 28.6 Å². The molecule has 0 aliphatic carbocycles. The molecule has 0 unspecified atom stereocenters. The Balaban J connectivity index is 1.61. The van der Waals surface area contributed by atoms with E-state index in [1.54, 1.807) is 11.1 Å². The molecule has 0 aliphatic rings. The highest BCUT2D eigenvalue weighted by Crippen LogP contribution is 2.18. The van der Waals surface area contributed by atoms with E-state index in [-0.39, 0.29) is 5.91 Å². The van der Waals surface area contributed by atoms with Crippen molar-refractivity contribution in [1.29, 1.82) is 0 Å². The largest absolute Gasteiger partial charge is 0.361 e. The number of hydrogen-bond acceptors (Lipinski definition) is 2. The van der Waals surface area contributed by atoms with Crippen molar-refractivity contribution in [1.82, 2.24) is 14.9 Å². The molecule has 0 fully saturated rings. The van der Waals surface area contributed by atoms with Crippen molar-refractivity contribution in [3.63, 3.8) is 0 Å². The first-order valence-electron chi connectivity index (χ1n) is 7.43. The summed E-state index contributed by atoms with van der Waals surface area (Å²) in [5.41, 5.74) is 3.13. The molecular formula is C18H19N3O. The number of fused-ring (bicyclic) bond motifs is 1. The van der Waals surface area contributed by atoms with Crippen molar-refractivity contribution in [2.45, 2.75) is 12.8 Å². The Kier molecular flexibility index (Phi) is 4.19. The Labute approximate surface area is 129 Å². The van der Waals surface area contributed by atoms with Crippen molar-refractivity contribution in [3.8, 4) is 0 Å². The van der Waals surface area contributed by atoms with Crippen LogP contribution in [0, 0.1) is 0 Å². The summed E-state index contributed by atoms with van der Waals surface area (Å²) in [5.74, 6) is 0.126. The highest BCUT2D eigenvalue weighted by atomic mass is 16.2. The number of likely N-dealkylation sites (N-methyl/N-ethyl adjacent to an activating group) is 1. The van der Waals surface area contributed by atoms with Crippen LogP contribution in [0.1, 0.15) is 11.3 Å². The number of para-hydroxylation sites is 1. The third kappa shape index (κ3) is 3.17. The van der Waals surface area contributed by atoms with Crippen LogP contribution in [0.25, 0.3) is 10.9 Å². The maximum absolute atomic E-state index is 12.4. The predicted molar refractivity (Wildman–Crippen MR) is 87.6 cm³/mol. The van der Waals surface area contributed by atoms with Gasteiger partial charge in [0.25, 0.3) is 0 Å². The molecule has 0 aliphatic heterocycles. The van der Waals surface area contributed by atoms with Gasteiger partial charge in [-0.05, 0) is 23.8 Å². The summed E-state index contributed by atoms with van der Waals surface area (Å²) in [5, 5.41) is 1.12. The van der Waals surface area contributed by atoms with Crippen LogP contribution in [-0.2, 0) is 17.6 Å². The van der Waals surface area contributed by atoms with Crippen molar-refractivity contribution < 1.29 is 4.79 Å². The van der Waals surface area contributed by atoms with Gasteiger partial charge in [0.2, 0.25) is 5.91 Å². The molecule has 4 heteroatoms. The molecule has 0 bridgehead atoms. The topological polar surface area (TPSA) is 49.0 Å². The van der Waals surface area contributed by atoms with E-state index in [1.807, 2.05) is 55.7 Å². The normalized spacial score (nSPS) is 10.8.